The van der Waals surface area contributed by atoms with Crippen molar-refractivity contribution in [2.24, 2.45) is 5.92 Å². The van der Waals surface area contributed by atoms with E-state index in [1.165, 1.54) is 119 Å². The van der Waals surface area contributed by atoms with Gasteiger partial charge in [-0.2, -0.15) is 0 Å². The van der Waals surface area contributed by atoms with Crippen LogP contribution in [0.25, 0.3) is 0 Å². The maximum Gasteiger partial charge on any atom is 0.0919 e. The zero-order valence-corrected chi connectivity index (χ0v) is 37.6. The van der Waals surface area contributed by atoms with Crippen molar-refractivity contribution >= 4 is 0 Å². The monoisotopic (exact) mass is 732 g/mol. The largest absolute Gasteiger partial charge is 0.380 e. The standard InChI is InChI=1S/C26H46N2.C15H23N.C7H14.C2H6/c1-7-8-9-10-11-12-13-14-15-16-20-27-23(4)28-26(5,6)25-19-17-18-24(21-25)22(2)3;1-11(2)13-8-7-9-14(10-13)15(5,6)16-12(3)4;1-7-5-3-2-4-6-7;1-2/h17-19,21-22,27-28H,4,7-16,20H2,1-3,5-6H3;7-11,16H,3H2,1-2,4-6H3;7H,2-6H2,1H3;1-2H3. The van der Waals surface area contributed by atoms with E-state index in [0.717, 1.165) is 24.0 Å². The first kappa shape index (κ1) is 50.3. The van der Waals surface area contributed by atoms with Crippen molar-refractivity contribution in [3.05, 3.63) is 95.5 Å². The molecule has 53 heavy (non-hydrogen) atoms. The molecule has 3 rings (SSSR count). The third kappa shape index (κ3) is 23.7. The van der Waals surface area contributed by atoms with Crippen LogP contribution in [0.1, 0.15) is 220 Å². The fourth-order valence-electron chi connectivity index (χ4n) is 6.83. The number of nitrogens with one attached hydrogen (secondary N) is 3. The van der Waals surface area contributed by atoms with Crippen LogP contribution in [-0.2, 0) is 11.1 Å². The van der Waals surface area contributed by atoms with Crippen LogP contribution in [0.2, 0.25) is 0 Å². The summed E-state index contributed by atoms with van der Waals surface area (Å²) in [7, 11) is 0. The molecule has 3 heteroatoms. The topological polar surface area (TPSA) is 36.1 Å². The lowest BCUT2D eigenvalue weighted by Crippen LogP contribution is -2.40. The van der Waals surface area contributed by atoms with Crippen molar-refractivity contribution in [1.82, 2.24) is 16.0 Å². The van der Waals surface area contributed by atoms with Crippen LogP contribution in [0.15, 0.2) is 73.2 Å². The van der Waals surface area contributed by atoms with Crippen LogP contribution >= 0.6 is 0 Å². The van der Waals surface area contributed by atoms with Gasteiger partial charge in [-0.25, -0.2) is 0 Å². The van der Waals surface area contributed by atoms with Gasteiger partial charge in [0.05, 0.1) is 16.9 Å². The average Bonchev–Trinajstić information content (AvgIpc) is 3.11. The Hall–Kier alpha value is -2.68. The molecule has 1 aliphatic rings. The van der Waals surface area contributed by atoms with Crippen molar-refractivity contribution in [3.8, 4) is 0 Å². The number of hydrogen-bond acceptors (Lipinski definition) is 3. The molecule has 1 saturated carbocycles. The molecular weight excluding hydrogens is 643 g/mol. The van der Waals surface area contributed by atoms with E-state index in [-0.39, 0.29) is 11.1 Å². The second-order valence-corrected chi connectivity index (χ2v) is 17.2. The van der Waals surface area contributed by atoms with Gasteiger partial charge >= 0.3 is 0 Å². The van der Waals surface area contributed by atoms with E-state index >= 15 is 0 Å². The summed E-state index contributed by atoms with van der Waals surface area (Å²) in [6.45, 7) is 37.5. The first-order chi connectivity index (χ1) is 25.1. The first-order valence-electron chi connectivity index (χ1n) is 21.9. The molecule has 2 aromatic rings. The van der Waals surface area contributed by atoms with Crippen molar-refractivity contribution < 1.29 is 0 Å². The third-order valence-electron chi connectivity index (χ3n) is 10.3. The van der Waals surface area contributed by atoms with Crippen molar-refractivity contribution in [2.45, 2.75) is 209 Å². The molecule has 0 unspecified atom stereocenters. The first-order valence-corrected chi connectivity index (χ1v) is 21.9. The molecule has 1 aliphatic carbocycles. The maximum atomic E-state index is 4.18. The molecule has 0 saturated heterocycles. The summed E-state index contributed by atoms with van der Waals surface area (Å²) in [5.74, 6) is 3.08. The molecule has 2 aromatic carbocycles. The molecule has 0 bridgehead atoms. The minimum absolute atomic E-state index is 0.0588. The lowest BCUT2D eigenvalue weighted by Gasteiger charge is -2.30. The second-order valence-electron chi connectivity index (χ2n) is 17.2. The van der Waals surface area contributed by atoms with Gasteiger partial charge in [-0.1, -0.05) is 207 Å². The van der Waals surface area contributed by atoms with Gasteiger partial charge in [0.25, 0.3) is 0 Å². The maximum absolute atomic E-state index is 4.18. The van der Waals surface area contributed by atoms with Crippen LogP contribution in [0.4, 0.5) is 0 Å². The Morgan fingerprint density at radius 2 is 1.08 bits per heavy atom. The van der Waals surface area contributed by atoms with E-state index in [9.17, 15) is 0 Å². The van der Waals surface area contributed by atoms with Crippen LogP contribution in [-0.4, -0.2) is 6.54 Å². The lowest BCUT2D eigenvalue weighted by atomic mass is 9.90. The average molecular weight is 732 g/mol. The Morgan fingerprint density at radius 3 is 1.45 bits per heavy atom. The molecule has 0 amide bonds. The van der Waals surface area contributed by atoms with Crippen molar-refractivity contribution in [3.63, 3.8) is 0 Å². The third-order valence-corrected chi connectivity index (χ3v) is 10.3. The van der Waals surface area contributed by atoms with Gasteiger partial charge in [0.15, 0.2) is 0 Å². The summed E-state index contributed by atoms with van der Waals surface area (Å²) in [5, 5.41) is 10.4. The highest BCUT2D eigenvalue weighted by molar-refractivity contribution is 5.32. The van der Waals surface area contributed by atoms with E-state index < -0.39 is 0 Å². The van der Waals surface area contributed by atoms with Gasteiger partial charge in [-0.3, -0.25) is 0 Å². The molecule has 304 valence electrons. The minimum Gasteiger partial charge on any atom is -0.380 e. The van der Waals surface area contributed by atoms with Crippen LogP contribution in [0.3, 0.4) is 0 Å². The van der Waals surface area contributed by atoms with E-state index in [4.69, 9.17) is 0 Å². The molecule has 0 aliphatic heterocycles. The quantitative estimate of drug-likeness (QED) is 0.119. The van der Waals surface area contributed by atoms with Crippen LogP contribution in [0.5, 0.6) is 0 Å². The van der Waals surface area contributed by atoms with Crippen LogP contribution in [0, 0.1) is 5.92 Å². The highest BCUT2D eigenvalue weighted by Crippen LogP contribution is 2.26. The Kier molecular flexibility index (Phi) is 27.3. The molecule has 3 N–H and O–H groups in total. The fraction of sp³-hybridized carbons (Fsp3) is 0.680. The van der Waals surface area contributed by atoms with E-state index in [2.05, 4.69) is 147 Å². The molecule has 0 aromatic heterocycles. The minimum atomic E-state index is -0.132. The summed E-state index contributed by atoms with van der Waals surface area (Å²) in [4.78, 5) is 0. The number of allylic oxidation sites excluding steroid dienone is 1. The number of rotatable bonds is 20. The van der Waals surface area contributed by atoms with Gasteiger partial charge < -0.3 is 16.0 Å². The molecule has 0 atom stereocenters. The van der Waals surface area contributed by atoms with E-state index in [1.54, 1.807) is 0 Å². The summed E-state index contributed by atoms with van der Waals surface area (Å²) in [6.07, 6.45) is 21.2. The lowest BCUT2D eigenvalue weighted by molar-refractivity contribution is 0.385. The Bertz CT molecular complexity index is 1210. The highest BCUT2D eigenvalue weighted by atomic mass is 15.1. The van der Waals surface area contributed by atoms with Crippen LogP contribution < -0.4 is 16.0 Å². The van der Waals surface area contributed by atoms with Gasteiger partial charge in [0.1, 0.15) is 0 Å². The Morgan fingerprint density at radius 1 is 0.660 bits per heavy atom. The summed E-state index contributed by atoms with van der Waals surface area (Å²) in [5.41, 5.74) is 6.19. The van der Waals surface area contributed by atoms with E-state index in [1.807, 2.05) is 20.8 Å². The van der Waals surface area contributed by atoms with Gasteiger partial charge in [0, 0.05) is 12.2 Å². The fourth-order valence-corrected chi connectivity index (χ4v) is 6.83. The number of hydrogen-bond donors (Lipinski definition) is 3. The van der Waals surface area contributed by atoms with E-state index in [0.29, 0.717) is 11.8 Å². The number of benzene rings is 2. The smallest absolute Gasteiger partial charge is 0.0919 e. The van der Waals surface area contributed by atoms with Crippen molar-refractivity contribution in [1.29, 1.82) is 0 Å². The normalized spacial score (nSPS) is 13.1. The number of unbranched alkanes of at least 4 members (excludes halogenated alkanes) is 9. The second kappa shape index (κ2) is 28.7. The summed E-state index contributed by atoms with van der Waals surface area (Å²) < 4.78 is 0. The molecule has 0 spiro atoms. The van der Waals surface area contributed by atoms with Gasteiger partial charge in [-0.15, -0.1) is 0 Å². The molecular formula is C50H89N3. The predicted molar refractivity (Wildman–Crippen MR) is 241 cm³/mol. The highest BCUT2D eigenvalue weighted by Gasteiger charge is 2.22. The summed E-state index contributed by atoms with van der Waals surface area (Å²) in [6, 6.07) is 17.7. The molecule has 1 fully saturated rings. The molecule has 3 nitrogen and oxygen atoms in total. The Balaban J connectivity index is 0.000000897. The molecule has 0 heterocycles. The predicted octanol–water partition coefficient (Wildman–Crippen LogP) is 15.4. The van der Waals surface area contributed by atoms with Crippen molar-refractivity contribution in [2.75, 3.05) is 6.54 Å². The molecule has 0 radical (unpaired) electrons. The SMILES string of the molecule is C=C(C)NC(C)(C)c1cccc(C(C)C)c1.C=C(NCCCCCCCCCCCC)NC(C)(C)c1cccc(C(C)C)c1.CC.CC1CCCCC1. The zero-order chi connectivity index (χ0) is 40.3. The Labute approximate surface area is 332 Å². The summed E-state index contributed by atoms with van der Waals surface area (Å²) >= 11 is 0. The van der Waals surface area contributed by atoms with Gasteiger partial charge in [-0.05, 0) is 81.0 Å². The zero-order valence-electron chi connectivity index (χ0n) is 37.6. The van der Waals surface area contributed by atoms with Gasteiger partial charge in [0.2, 0.25) is 0 Å².